The van der Waals surface area contributed by atoms with Gasteiger partial charge in [0.05, 0.1) is 5.60 Å². The van der Waals surface area contributed by atoms with E-state index in [1.165, 1.54) is 22.2 Å². The normalized spacial score (nSPS) is 45.8. The van der Waals surface area contributed by atoms with Crippen LogP contribution in [0.25, 0.3) is 10.9 Å². The van der Waals surface area contributed by atoms with Crippen molar-refractivity contribution in [1.82, 2.24) is 4.98 Å². The molecule has 5 heteroatoms. The minimum absolute atomic E-state index is 0.0826. The lowest BCUT2D eigenvalue weighted by Gasteiger charge is -2.65. The van der Waals surface area contributed by atoms with Crippen LogP contribution in [0.5, 0.6) is 0 Å². The maximum atomic E-state index is 13.1. The van der Waals surface area contributed by atoms with E-state index in [0.29, 0.717) is 24.3 Å². The zero-order valence-electron chi connectivity index (χ0n) is 19.2. The van der Waals surface area contributed by atoms with Crippen LogP contribution >= 0.6 is 0 Å². The van der Waals surface area contributed by atoms with E-state index >= 15 is 0 Å². The molecule has 2 saturated carbocycles. The van der Waals surface area contributed by atoms with Crippen LogP contribution in [0.4, 0.5) is 0 Å². The summed E-state index contributed by atoms with van der Waals surface area (Å²) in [5.74, 6) is -0.607. The lowest BCUT2D eigenvalue weighted by molar-refractivity contribution is -0.247. The van der Waals surface area contributed by atoms with Crippen molar-refractivity contribution in [2.24, 2.45) is 11.3 Å². The van der Waals surface area contributed by atoms with Gasteiger partial charge < -0.3 is 19.6 Å². The fourth-order valence-electron chi connectivity index (χ4n) is 8.39. The molecular formula is C27H31NO4. The van der Waals surface area contributed by atoms with Gasteiger partial charge in [0.15, 0.2) is 17.7 Å². The molecule has 3 aliphatic carbocycles. The Bertz CT molecular complexity index is 1240. The van der Waals surface area contributed by atoms with Gasteiger partial charge in [-0.3, -0.25) is 4.79 Å². The van der Waals surface area contributed by atoms with Gasteiger partial charge in [-0.05, 0) is 63.2 Å². The highest BCUT2D eigenvalue weighted by molar-refractivity contribution is 5.97. The Hall–Kier alpha value is -1.95. The van der Waals surface area contributed by atoms with Gasteiger partial charge in [0.25, 0.3) is 0 Å². The summed E-state index contributed by atoms with van der Waals surface area (Å²) in [6.07, 6.45) is 5.09. The Morgan fingerprint density at radius 1 is 1.09 bits per heavy atom. The first kappa shape index (κ1) is 19.5. The van der Waals surface area contributed by atoms with Crippen LogP contribution in [-0.2, 0) is 26.1 Å². The highest BCUT2D eigenvalue weighted by Gasteiger charge is 2.75. The first-order valence-corrected chi connectivity index (χ1v) is 12.0. The number of nitrogens with one attached hydrogen (secondary N) is 1. The fourth-order valence-corrected chi connectivity index (χ4v) is 8.39. The smallest absolute Gasteiger partial charge is 0.195 e. The van der Waals surface area contributed by atoms with Crippen molar-refractivity contribution < 1.29 is 19.4 Å². The number of para-hydroxylation sites is 1. The van der Waals surface area contributed by atoms with Gasteiger partial charge in [0, 0.05) is 39.4 Å². The van der Waals surface area contributed by atoms with Crippen LogP contribution in [0.15, 0.2) is 35.9 Å². The molecule has 2 bridgehead atoms. The molecule has 6 atom stereocenters. The Kier molecular flexibility index (Phi) is 3.29. The number of benzene rings is 1. The molecule has 2 N–H and O–H groups in total. The van der Waals surface area contributed by atoms with Crippen LogP contribution in [0, 0.1) is 11.3 Å². The maximum absolute atomic E-state index is 13.1. The minimum atomic E-state index is -1.16. The van der Waals surface area contributed by atoms with E-state index in [1.807, 2.05) is 13.8 Å². The highest BCUT2D eigenvalue weighted by atomic mass is 16.8. The molecule has 2 aliphatic heterocycles. The molecule has 1 aromatic carbocycles. The number of H-pyrrole nitrogens is 1. The second kappa shape index (κ2) is 5.40. The molecule has 32 heavy (non-hydrogen) atoms. The van der Waals surface area contributed by atoms with Gasteiger partial charge >= 0.3 is 0 Å². The molecule has 0 amide bonds. The third-order valence-electron chi connectivity index (χ3n) is 10.2. The average molecular weight is 434 g/mol. The van der Waals surface area contributed by atoms with Crippen LogP contribution in [0.2, 0.25) is 0 Å². The number of aromatic nitrogens is 1. The number of ketones is 1. The van der Waals surface area contributed by atoms with E-state index in [4.69, 9.17) is 9.47 Å². The van der Waals surface area contributed by atoms with Crippen molar-refractivity contribution in [3.8, 4) is 0 Å². The van der Waals surface area contributed by atoms with Crippen LogP contribution < -0.4 is 0 Å². The molecule has 0 radical (unpaired) electrons. The summed E-state index contributed by atoms with van der Waals surface area (Å²) in [5, 5.41) is 13.9. The van der Waals surface area contributed by atoms with Crippen molar-refractivity contribution in [1.29, 1.82) is 0 Å². The van der Waals surface area contributed by atoms with E-state index in [1.54, 1.807) is 6.08 Å². The lowest BCUT2D eigenvalue weighted by Crippen LogP contribution is -2.69. The molecule has 1 aromatic heterocycles. The Morgan fingerprint density at radius 3 is 2.69 bits per heavy atom. The van der Waals surface area contributed by atoms with Crippen LogP contribution in [0.1, 0.15) is 64.6 Å². The SMILES string of the molecule is CC1(C)O[C@@]23CC[C@@]4(C)[C@@](O)(CC[C@H]5Cc6c([nH]c7ccccc67)[C@@]54C)C2=CC(=O)[C@@H]1O3. The predicted octanol–water partition coefficient (Wildman–Crippen LogP) is 4.32. The third-order valence-corrected chi connectivity index (χ3v) is 10.2. The Labute approximate surface area is 188 Å². The number of rotatable bonds is 0. The fraction of sp³-hybridized carbons (Fsp3) is 0.593. The summed E-state index contributed by atoms with van der Waals surface area (Å²) in [6, 6.07) is 8.53. The van der Waals surface area contributed by atoms with E-state index in [-0.39, 0.29) is 11.2 Å². The third kappa shape index (κ3) is 1.86. The minimum Gasteiger partial charge on any atom is -0.385 e. The summed E-state index contributed by atoms with van der Waals surface area (Å²) in [5.41, 5.74) is 1.98. The quantitative estimate of drug-likeness (QED) is 0.649. The zero-order valence-corrected chi connectivity index (χ0v) is 19.2. The van der Waals surface area contributed by atoms with Crippen LogP contribution in [-0.4, -0.2) is 39.0 Å². The predicted molar refractivity (Wildman–Crippen MR) is 120 cm³/mol. The van der Waals surface area contributed by atoms with Gasteiger partial charge in [-0.2, -0.15) is 0 Å². The number of hydrogen-bond donors (Lipinski definition) is 2. The summed E-state index contributed by atoms with van der Waals surface area (Å²) >= 11 is 0. The summed E-state index contributed by atoms with van der Waals surface area (Å²) in [7, 11) is 0. The average Bonchev–Trinajstić information content (AvgIpc) is 3.33. The Morgan fingerprint density at radius 2 is 1.88 bits per heavy atom. The second-order valence-corrected chi connectivity index (χ2v) is 11.8. The first-order valence-electron chi connectivity index (χ1n) is 12.0. The first-order chi connectivity index (χ1) is 15.1. The monoisotopic (exact) mass is 433 g/mol. The number of aliphatic hydroxyl groups is 1. The topological polar surface area (TPSA) is 71.5 Å². The molecule has 1 saturated heterocycles. The van der Waals surface area contributed by atoms with Gasteiger partial charge in [-0.1, -0.05) is 32.0 Å². The van der Waals surface area contributed by atoms with Crippen molar-refractivity contribution in [3.05, 3.63) is 47.2 Å². The van der Waals surface area contributed by atoms with Crippen molar-refractivity contribution >= 4 is 16.7 Å². The molecule has 5 nitrogen and oxygen atoms in total. The second-order valence-electron chi connectivity index (χ2n) is 11.8. The van der Waals surface area contributed by atoms with Crippen LogP contribution in [0.3, 0.4) is 0 Å². The molecular weight excluding hydrogens is 402 g/mol. The van der Waals surface area contributed by atoms with Gasteiger partial charge in [0.1, 0.15) is 5.60 Å². The summed E-state index contributed by atoms with van der Waals surface area (Å²) in [6.45, 7) is 8.43. The molecule has 3 fully saturated rings. The highest BCUT2D eigenvalue weighted by Crippen LogP contribution is 2.71. The summed E-state index contributed by atoms with van der Waals surface area (Å²) < 4.78 is 12.8. The number of carbonyl (C=O) groups is 1. The Balaban J connectivity index is 1.43. The van der Waals surface area contributed by atoms with E-state index in [9.17, 15) is 9.90 Å². The van der Waals surface area contributed by atoms with Gasteiger partial charge in [-0.15, -0.1) is 0 Å². The molecule has 5 aliphatic rings. The number of ether oxygens (including phenoxy) is 2. The zero-order chi connectivity index (χ0) is 22.3. The van der Waals surface area contributed by atoms with E-state index in [2.05, 4.69) is 43.1 Å². The largest absolute Gasteiger partial charge is 0.385 e. The number of hydrogen-bond acceptors (Lipinski definition) is 4. The number of fused-ring (bicyclic) bond motifs is 9. The maximum Gasteiger partial charge on any atom is 0.195 e. The molecule has 0 unspecified atom stereocenters. The van der Waals surface area contributed by atoms with Crippen molar-refractivity contribution in [2.75, 3.05) is 0 Å². The standard InChI is InChI=1S/C27H31NO4/c1-23(2)22-19(29)14-20-26(30)10-9-15-13-17-16-7-5-6-8-18(16)28-21(17)25(15,4)24(26,3)11-12-27(20,31-22)32-23/h5-8,14-15,22,28,30H,9-13H2,1-4H3/t15-,22-,24+,25+,26+,27-/m0/s1. The molecule has 3 heterocycles. The number of carbonyl (C=O) groups excluding carboxylic acids is 1. The molecule has 168 valence electrons. The molecule has 7 rings (SSSR count). The lowest BCUT2D eigenvalue weighted by atomic mass is 9.42. The summed E-state index contributed by atoms with van der Waals surface area (Å²) in [4.78, 5) is 16.8. The van der Waals surface area contributed by atoms with E-state index in [0.717, 1.165) is 19.3 Å². The van der Waals surface area contributed by atoms with Crippen molar-refractivity contribution in [2.45, 2.75) is 88.3 Å². The number of aromatic amines is 1. The van der Waals surface area contributed by atoms with Gasteiger partial charge in [0.2, 0.25) is 0 Å². The van der Waals surface area contributed by atoms with E-state index < -0.39 is 28.5 Å². The molecule has 2 aromatic rings. The van der Waals surface area contributed by atoms with Crippen molar-refractivity contribution in [3.63, 3.8) is 0 Å². The molecule has 1 spiro atoms. The van der Waals surface area contributed by atoms with Gasteiger partial charge in [-0.25, -0.2) is 0 Å².